The number of nitrogens with zero attached hydrogens (tertiary/aromatic N) is 1. The fourth-order valence-electron chi connectivity index (χ4n) is 1.82. The first-order valence-electron chi connectivity index (χ1n) is 6.57. The van der Waals surface area contributed by atoms with Crippen molar-refractivity contribution in [2.75, 3.05) is 19.6 Å². The van der Waals surface area contributed by atoms with Gasteiger partial charge in [-0.25, -0.2) is 0 Å². The predicted octanol–water partition coefficient (Wildman–Crippen LogP) is 1.20. The van der Waals surface area contributed by atoms with Crippen molar-refractivity contribution >= 4 is 0 Å². The average Bonchev–Trinajstić information content (AvgIpc) is 2.18. The van der Waals surface area contributed by atoms with Gasteiger partial charge in [0.05, 0.1) is 0 Å². The van der Waals surface area contributed by atoms with Gasteiger partial charge < -0.3 is 6.33 Å². The number of hydrogen-bond acceptors (Lipinski definition) is 1. The number of hydrogen-bond donors (Lipinski definition) is 0. The fraction of sp³-hybridized carbons (Fsp3) is 1.00. The molecule has 0 amide bonds. The summed E-state index contributed by atoms with van der Waals surface area (Å²) < 4.78 is 0. The fourth-order valence-corrected chi connectivity index (χ4v) is 1.82. The summed E-state index contributed by atoms with van der Waals surface area (Å²) in [5, 5.41) is 0. The van der Waals surface area contributed by atoms with E-state index in [9.17, 15) is 0 Å². The molecule has 0 bridgehead atoms. The molecule has 0 aromatic rings. The number of rotatable bonds is 10. The summed E-state index contributed by atoms with van der Waals surface area (Å²) in [7, 11) is 0. The molecule has 0 aliphatic rings. The molecule has 0 rings (SSSR count). The van der Waals surface area contributed by atoms with E-state index < -0.39 is 0 Å². The van der Waals surface area contributed by atoms with Crippen molar-refractivity contribution < 1.29 is 20.3 Å². The largest absolute Gasteiger partial charge is 1.00 e. The van der Waals surface area contributed by atoms with Gasteiger partial charge in [0.1, 0.15) is 0 Å². The smallest absolute Gasteiger partial charge is 1.00 e. The molecule has 0 spiro atoms. The van der Waals surface area contributed by atoms with Gasteiger partial charge in [0.2, 0.25) is 0 Å². The Balaban J connectivity index is -0.000000845. The summed E-state index contributed by atoms with van der Waals surface area (Å²) in [6.45, 7) is 10.8. The van der Waals surface area contributed by atoms with Gasteiger partial charge in [-0.2, -0.15) is 0 Å². The second kappa shape index (κ2) is 14.6. The summed E-state index contributed by atoms with van der Waals surface area (Å²) in [5.41, 5.74) is 0. The summed E-state index contributed by atoms with van der Waals surface area (Å²) in [5.74, 6) is 0. The molecule has 0 saturated heterocycles. The average molecular weight is 207 g/mol. The topological polar surface area (TPSA) is 3.24 Å². The maximum atomic E-state index is 2.64. The van der Waals surface area contributed by atoms with Crippen LogP contribution in [0.3, 0.4) is 0 Å². The molecule has 2 heteroatoms. The van der Waals surface area contributed by atoms with Crippen LogP contribution in [-0.4, -0.2) is 24.5 Å². The Hall–Kier alpha value is 0.557. The first kappa shape index (κ1) is 17.9. The molecule has 0 aliphatic carbocycles. The van der Waals surface area contributed by atoms with Crippen LogP contribution in [0.25, 0.3) is 0 Å². The van der Waals surface area contributed by atoms with Crippen LogP contribution in [0.2, 0.25) is 0 Å². The third-order valence-electron chi connectivity index (χ3n) is 2.70. The van der Waals surface area contributed by atoms with Gasteiger partial charge in [0.25, 0.3) is 0 Å². The van der Waals surface area contributed by atoms with Crippen LogP contribution < -0.4 is 18.9 Å². The maximum absolute atomic E-state index is 2.64. The van der Waals surface area contributed by atoms with Crippen LogP contribution in [0.1, 0.15) is 67.1 Å². The molecule has 15 heavy (non-hydrogen) atoms. The van der Waals surface area contributed by atoms with E-state index in [-0.39, 0.29) is 20.3 Å². The van der Waals surface area contributed by atoms with Crippen LogP contribution >= 0.6 is 0 Å². The van der Waals surface area contributed by atoms with Crippen LogP contribution in [0.5, 0.6) is 0 Å². The first-order chi connectivity index (χ1) is 6.85. The Kier molecular flexibility index (Phi) is 17.4. The molecule has 0 aromatic carbocycles. The van der Waals surface area contributed by atoms with E-state index >= 15 is 0 Å². The molecule has 0 aromatic heterocycles. The molecule has 0 radical (unpaired) electrons. The molecule has 0 aliphatic heterocycles. The third kappa shape index (κ3) is 12.5. The maximum Gasteiger partial charge on any atom is 1.00 e. The summed E-state index contributed by atoms with van der Waals surface area (Å²) >= 11 is 0. The minimum Gasteiger partial charge on any atom is -1.00 e. The van der Waals surface area contributed by atoms with Crippen molar-refractivity contribution in [2.24, 2.45) is 0 Å². The molecular weight excluding hydrogens is 177 g/mol. The SMILES string of the molecule is CCCCCN(CCC)CCCCC.[H-].[Li+]. The van der Waals surface area contributed by atoms with Crippen molar-refractivity contribution in [3.8, 4) is 0 Å². The Labute approximate surface area is 111 Å². The standard InChI is InChI=1S/C13H29N.Li.H/c1-4-7-9-12-14(11-6-3)13-10-8-5-2;;/h4-13H2,1-3H3;;/q;+1;-1. The van der Waals surface area contributed by atoms with Crippen molar-refractivity contribution in [1.29, 1.82) is 0 Å². The van der Waals surface area contributed by atoms with E-state index in [1.54, 1.807) is 0 Å². The van der Waals surface area contributed by atoms with Crippen molar-refractivity contribution in [1.82, 2.24) is 4.90 Å². The molecule has 0 heterocycles. The second-order valence-electron chi connectivity index (χ2n) is 4.26. The Morgan fingerprint density at radius 3 is 1.47 bits per heavy atom. The number of unbranched alkanes of at least 4 members (excludes halogenated alkanes) is 4. The normalized spacial score (nSPS) is 10.4. The van der Waals surface area contributed by atoms with Crippen LogP contribution in [-0.2, 0) is 0 Å². The van der Waals surface area contributed by atoms with Gasteiger partial charge in [-0.3, -0.25) is 0 Å². The van der Waals surface area contributed by atoms with Crippen molar-refractivity contribution in [2.45, 2.75) is 65.7 Å². The molecule has 88 valence electrons. The van der Waals surface area contributed by atoms with E-state index in [0.717, 1.165) is 0 Å². The Morgan fingerprint density at radius 2 is 1.13 bits per heavy atom. The van der Waals surface area contributed by atoms with Crippen LogP contribution in [0.15, 0.2) is 0 Å². The first-order valence-corrected chi connectivity index (χ1v) is 6.57. The minimum atomic E-state index is 0. The van der Waals surface area contributed by atoms with Crippen LogP contribution in [0.4, 0.5) is 0 Å². The van der Waals surface area contributed by atoms with Crippen molar-refractivity contribution in [3.05, 3.63) is 0 Å². The van der Waals surface area contributed by atoms with Gasteiger partial charge in [0, 0.05) is 0 Å². The summed E-state index contributed by atoms with van der Waals surface area (Å²) in [6, 6.07) is 0. The van der Waals surface area contributed by atoms with E-state index in [2.05, 4.69) is 25.7 Å². The van der Waals surface area contributed by atoms with E-state index in [1.165, 1.54) is 64.6 Å². The molecule has 0 saturated carbocycles. The summed E-state index contributed by atoms with van der Waals surface area (Å²) in [6.07, 6.45) is 9.56. The molecule has 0 unspecified atom stereocenters. The second-order valence-corrected chi connectivity index (χ2v) is 4.26. The zero-order chi connectivity index (χ0) is 10.6. The van der Waals surface area contributed by atoms with Crippen LogP contribution in [0, 0.1) is 0 Å². The van der Waals surface area contributed by atoms with E-state index in [1.807, 2.05) is 0 Å². The minimum absolute atomic E-state index is 0. The molecule has 0 atom stereocenters. The van der Waals surface area contributed by atoms with Gasteiger partial charge in [-0.1, -0.05) is 46.5 Å². The van der Waals surface area contributed by atoms with E-state index in [4.69, 9.17) is 0 Å². The third-order valence-corrected chi connectivity index (χ3v) is 2.70. The molecule has 0 fully saturated rings. The zero-order valence-corrected chi connectivity index (χ0v) is 11.5. The van der Waals surface area contributed by atoms with Gasteiger partial charge >= 0.3 is 18.9 Å². The van der Waals surface area contributed by atoms with E-state index in [0.29, 0.717) is 0 Å². The van der Waals surface area contributed by atoms with Gasteiger partial charge in [0.15, 0.2) is 0 Å². The quantitative estimate of drug-likeness (QED) is 0.384. The van der Waals surface area contributed by atoms with Gasteiger partial charge in [-0.05, 0) is 38.9 Å². The van der Waals surface area contributed by atoms with Crippen molar-refractivity contribution in [3.63, 3.8) is 0 Å². The molecule has 0 N–H and O–H groups in total. The summed E-state index contributed by atoms with van der Waals surface area (Å²) in [4.78, 5) is 2.64. The molecule has 1 nitrogen and oxygen atoms in total. The predicted molar refractivity (Wildman–Crippen MR) is 66.9 cm³/mol. The zero-order valence-electron chi connectivity index (χ0n) is 12.5. The Morgan fingerprint density at radius 1 is 0.667 bits per heavy atom. The Bertz CT molecular complexity index is 102. The van der Waals surface area contributed by atoms with Gasteiger partial charge in [-0.15, -0.1) is 0 Å². The monoisotopic (exact) mass is 207 g/mol. The molecular formula is C13H30LiN.